The molecule has 2 aromatic rings. The fourth-order valence-corrected chi connectivity index (χ4v) is 5.40. The van der Waals surface area contributed by atoms with Crippen molar-refractivity contribution in [3.8, 4) is 5.75 Å². The maximum atomic E-state index is 6.83. The zero-order valence-electron chi connectivity index (χ0n) is 17.9. The van der Waals surface area contributed by atoms with Crippen molar-refractivity contribution in [1.82, 2.24) is 9.88 Å². The van der Waals surface area contributed by atoms with Crippen LogP contribution in [0.5, 0.6) is 5.75 Å². The van der Waals surface area contributed by atoms with E-state index in [1.54, 1.807) is 0 Å². The number of rotatable bonds is 5. The predicted molar refractivity (Wildman–Crippen MR) is 119 cm³/mol. The number of fused-ring (bicyclic) bond motifs is 2. The predicted octanol–water partition coefficient (Wildman–Crippen LogP) is 5.92. The zero-order chi connectivity index (χ0) is 20.4. The van der Waals surface area contributed by atoms with Gasteiger partial charge in [0.15, 0.2) is 0 Å². The summed E-state index contributed by atoms with van der Waals surface area (Å²) < 4.78 is 6.83. The number of nitrogens with zero attached hydrogens (tertiary/aromatic N) is 2. The summed E-state index contributed by atoms with van der Waals surface area (Å²) in [4.78, 5) is 6.99. The minimum absolute atomic E-state index is 0.273. The zero-order valence-corrected chi connectivity index (χ0v) is 18.7. The minimum atomic E-state index is 0.273. The highest BCUT2D eigenvalue weighted by Gasteiger charge is 2.41. The van der Waals surface area contributed by atoms with Gasteiger partial charge in [-0.1, -0.05) is 62.2 Å². The maximum Gasteiger partial charge on any atom is 0.135 e. The molecule has 4 rings (SSSR count). The van der Waals surface area contributed by atoms with Crippen molar-refractivity contribution in [3.63, 3.8) is 0 Å². The van der Waals surface area contributed by atoms with Crippen LogP contribution < -0.4 is 4.74 Å². The number of pyridine rings is 1. The number of aromatic nitrogens is 1. The lowest BCUT2D eigenvalue weighted by Crippen LogP contribution is -2.50. The number of likely N-dealkylation sites (tertiary alicyclic amines) is 1. The summed E-state index contributed by atoms with van der Waals surface area (Å²) in [5, 5.41) is 0.565. The van der Waals surface area contributed by atoms with Crippen LogP contribution in [0, 0.1) is 24.7 Å². The third-order valence-corrected chi connectivity index (χ3v) is 7.19. The van der Waals surface area contributed by atoms with E-state index in [1.807, 2.05) is 13.1 Å². The summed E-state index contributed by atoms with van der Waals surface area (Å²) in [6.07, 6.45) is 6.87. The molecule has 29 heavy (non-hydrogen) atoms. The molecule has 1 aliphatic carbocycles. The highest BCUT2D eigenvalue weighted by atomic mass is 35.5. The second-order valence-electron chi connectivity index (χ2n) is 9.08. The van der Waals surface area contributed by atoms with Crippen LogP contribution in [-0.4, -0.2) is 29.1 Å². The van der Waals surface area contributed by atoms with Crippen LogP contribution in [0.25, 0.3) is 0 Å². The molecule has 0 spiro atoms. The van der Waals surface area contributed by atoms with Gasteiger partial charge in [-0.15, -0.1) is 0 Å². The van der Waals surface area contributed by atoms with Crippen molar-refractivity contribution >= 4 is 11.6 Å². The molecule has 0 amide bonds. The molecule has 4 heteroatoms. The molecule has 4 unspecified atom stereocenters. The molecule has 0 radical (unpaired) electrons. The number of halogens is 1. The Morgan fingerprint density at radius 1 is 1.14 bits per heavy atom. The Hall–Kier alpha value is -1.58. The second kappa shape index (κ2) is 9.06. The molecule has 156 valence electrons. The molecule has 1 saturated heterocycles. The van der Waals surface area contributed by atoms with Crippen LogP contribution in [0.1, 0.15) is 49.8 Å². The van der Waals surface area contributed by atoms with Crippen molar-refractivity contribution in [1.29, 1.82) is 0 Å². The summed E-state index contributed by atoms with van der Waals surface area (Å²) >= 11 is 6.35. The second-order valence-corrected chi connectivity index (χ2v) is 9.44. The quantitative estimate of drug-likeness (QED) is 0.570. The summed E-state index contributed by atoms with van der Waals surface area (Å²) in [6, 6.07) is 10.9. The molecule has 1 aromatic carbocycles. The molecule has 0 N–H and O–H groups in total. The van der Waals surface area contributed by atoms with Gasteiger partial charge in [0.05, 0.1) is 0 Å². The molecular weight excluding hydrogens is 380 g/mol. The van der Waals surface area contributed by atoms with Crippen molar-refractivity contribution in [2.24, 2.45) is 17.8 Å². The van der Waals surface area contributed by atoms with Gasteiger partial charge in [-0.2, -0.15) is 0 Å². The number of hydrogen-bond acceptors (Lipinski definition) is 3. The lowest BCUT2D eigenvalue weighted by Gasteiger charge is -2.43. The first kappa shape index (κ1) is 20.7. The lowest BCUT2D eigenvalue weighted by molar-refractivity contribution is -0.00796. The Labute approximate surface area is 180 Å². The van der Waals surface area contributed by atoms with Gasteiger partial charge in [0.1, 0.15) is 17.0 Å². The molecule has 1 aromatic heterocycles. The first-order valence-electron chi connectivity index (χ1n) is 11.1. The van der Waals surface area contributed by atoms with Gasteiger partial charge in [0.2, 0.25) is 0 Å². The molecule has 3 nitrogen and oxygen atoms in total. The summed E-state index contributed by atoms with van der Waals surface area (Å²) in [7, 11) is 0. The molecule has 4 atom stereocenters. The SMILES string of the molecule is CCc1cnc(Cl)c(C)c1OC1C2CCC(C)CC1CN(Cc1ccccc1)C2. The monoisotopic (exact) mass is 412 g/mol. The lowest BCUT2D eigenvalue weighted by atomic mass is 9.83. The van der Waals surface area contributed by atoms with Gasteiger partial charge in [-0.3, -0.25) is 4.90 Å². The van der Waals surface area contributed by atoms with Gasteiger partial charge in [0, 0.05) is 48.8 Å². The van der Waals surface area contributed by atoms with E-state index < -0.39 is 0 Å². The van der Waals surface area contributed by atoms with Crippen LogP contribution in [-0.2, 0) is 13.0 Å². The van der Waals surface area contributed by atoms with E-state index in [0.717, 1.165) is 43.3 Å². The van der Waals surface area contributed by atoms with Crippen molar-refractivity contribution in [3.05, 3.63) is 58.4 Å². The molecule has 2 heterocycles. The van der Waals surface area contributed by atoms with Gasteiger partial charge in [-0.05, 0) is 37.7 Å². The van der Waals surface area contributed by atoms with Crippen LogP contribution in [0.15, 0.2) is 36.5 Å². The molecule has 2 fully saturated rings. The highest BCUT2D eigenvalue weighted by Crippen LogP contribution is 2.40. The van der Waals surface area contributed by atoms with Gasteiger partial charge in [-0.25, -0.2) is 4.98 Å². The minimum Gasteiger partial charge on any atom is -0.489 e. The number of aryl methyl sites for hydroxylation is 1. The van der Waals surface area contributed by atoms with E-state index in [0.29, 0.717) is 17.0 Å². The smallest absolute Gasteiger partial charge is 0.135 e. The molecule has 1 saturated carbocycles. The van der Waals surface area contributed by atoms with E-state index >= 15 is 0 Å². The van der Waals surface area contributed by atoms with Gasteiger partial charge < -0.3 is 4.74 Å². The third kappa shape index (κ3) is 4.62. The first-order chi connectivity index (χ1) is 14.0. The summed E-state index contributed by atoms with van der Waals surface area (Å²) in [6.45, 7) is 9.87. The molecule has 2 aliphatic rings. The first-order valence-corrected chi connectivity index (χ1v) is 11.5. The Kier molecular flexibility index (Phi) is 6.46. The van der Waals surface area contributed by atoms with Crippen LogP contribution in [0.3, 0.4) is 0 Å². The standard InChI is InChI=1S/C25H33ClN2O/c1-4-20-13-27-25(26)18(3)23(20)29-24-21-11-10-17(2)12-22(24)16-28(15-21)14-19-8-6-5-7-9-19/h5-9,13,17,21-22,24H,4,10-12,14-16H2,1-3H3. The topological polar surface area (TPSA) is 25.4 Å². The van der Waals surface area contributed by atoms with E-state index in [-0.39, 0.29) is 6.10 Å². The maximum absolute atomic E-state index is 6.83. The number of ether oxygens (including phenoxy) is 1. The fraction of sp³-hybridized carbons (Fsp3) is 0.560. The van der Waals surface area contributed by atoms with E-state index in [9.17, 15) is 0 Å². The van der Waals surface area contributed by atoms with Gasteiger partial charge in [0.25, 0.3) is 0 Å². The Bertz CT molecular complexity index is 825. The van der Waals surface area contributed by atoms with Crippen molar-refractivity contribution in [2.75, 3.05) is 13.1 Å². The Balaban J connectivity index is 1.57. The van der Waals surface area contributed by atoms with E-state index in [4.69, 9.17) is 16.3 Å². The average molecular weight is 413 g/mol. The van der Waals surface area contributed by atoms with Crippen LogP contribution in [0.2, 0.25) is 5.15 Å². The third-order valence-electron chi connectivity index (χ3n) is 6.81. The normalized spacial score (nSPS) is 27.4. The Morgan fingerprint density at radius 3 is 2.66 bits per heavy atom. The van der Waals surface area contributed by atoms with E-state index in [2.05, 4.69) is 54.1 Å². The van der Waals surface area contributed by atoms with Crippen molar-refractivity contribution in [2.45, 2.75) is 59.1 Å². The summed E-state index contributed by atoms with van der Waals surface area (Å²) in [5.41, 5.74) is 3.56. The molecular formula is C25H33ClN2O. The number of piperidine rings is 1. The van der Waals surface area contributed by atoms with Crippen LogP contribution >= 0.6 is 11.6 Å². The van der Waals surface area contributed by atoms with Crippen LogP contribution in [0.4, 0.5) is 0 Å². The van der Waals surface area contributed by atoms with Gasteiger partial charge >= 0.3 is 0 Å². The molecule has 2 bridgehead atoms. The van der Waals surface area contributed by atoms with Crippen molar-refractivity contribution < 1.29 is 4.74 Å². The highest BCUT2D eigenvalue weighted by molar-refractivity contribution is 6.30. The Morgan fingerprint density at radius 2 is 1.90 bits per heavy atom. The van der Waals surface area contributed by atoms with E-state index in [1.165, 1.54) is 30.4 Å². The number of hydrogen-bond donors (Lipinski definition) is 0. The summed E-state index contributed by atoms with van der Waals surface area (Å²) in [5.74, 6) is 2.88. The average Bonchev–Trinajstić information content (AvgIpc) is 2.80. The number of benzene rings is 1. The molecule has 1 aliphatic heterocycles. The fourth-order valence-electron chi connectivity index (χ4n) is 5.27. The largest absolute Gasteiger partial charge is 0.489 e.